The first-order valence-corrected chi connectivity index (χ1v) is 10.3. The molecular formula is C16H23N3O2S2. The molecule has 2 aromatic heterocycles. The maximum atomic E-state index is 13.1. The molecule has 0 radical (unpaired) electrons. The Kier molecular flexibility index (Phi) is 4.62. The summed E-state index contributed by atoms with van der Waals surface area (Å²) in [6, 6.07) is 3.85. The van der Waals surface area contributed by atoms with Gasteiger partial charge in [-0.15, -0.1) is 11.3 Å². The maximum Gasteiger partial charge on any atom is 0.244 e. The van der Waals surface area contributed by atoms with Crippen molar-refractivity contribution in [3.63, 3.8) is 0 Å². The molecule has 0 unspecified atom stereocenters. The molecule has 1 aliphatic heterocycles. The number of H-pyrrole nitrogens is 1. The van der Waals surface area contributed by atoms with Gasteiger partial charge in [0.2, 0.25) is 10.0 Å². The lowest BCUT2D eigenvalue weighted by Crippen LogP contribution is -2.43. The summed E-state index contributed by atoms with van der Waals surface area (Å²) in [4.78, 5) is 2.18. The molecule has 1 aliphatic rings. The minimum absolute atomic E-state index is 0.129. The zero-order valence-corrected chi connectivity index (χ0v) is 15.4. The van der Waals surface area contributed by atoms with Gasteiger partial charge in [-0.3, -0.25) is 5.10 Å². The van der Waals surface area contributed by atoms with Crippen LogP contribution in [0.25, 0.3) is 10.6 Å². The van der Waals surface area contributed by atoms with Crippen molar-refractivity contribution in [3.05, 3.63) is 22.7 Å². The average molecular weight is 354 g/mol. The SMILES string of the molecule is CC[C@@H]1CCCCN1S(=O)(=O)c1cc(-c2cc(C)[nH]n2)sc1C. The van der Waals surface area contributed by atoms with Crippen molar-refractivity contribution in [1.29, 1.82) is 0 Å². The Bertz CT molecular complexity index is 792. The quantitative estimate of drug-likeness (QED) is 0.911. The van der Waals surface area contributed by atoms with E-state index in [4.69, 9.17) is 0 Å². The summed E-state index contributed by atoms with van der Waals surface area (Å²) >= 11 is 1.49. The summed E-state index contributed by atoms with van der Waals surface area (Å²) < 4.78 is 28.0. The van der Waals surface area contributed by atoms with Crippen LogP contribution in [0, 0.1) is 13.8 Å². The van der Waals surface area contributed by atoms with Crippen molar-refractivity contribution in [1.82, 2.24) is 14.5 Å². The van der Waals surface area contributed by atoms with Crippen molar-refractivity contribution in [2.45, 2.75) is 57.4 Å². The molecule has 0 saturated carbocycles. The molecule has 5 nitrogen and oxygen atoms in total. The third-order valence-corrected chi connectivity index (χ3v) is 7.74. The minimum Gasteiger partial charge on any atom is -0.282 e. The number of sulfonamides is 1. The molecule has 1 fully saturated rings. The van der Waals surface area contributed by atoms with E-state index in [1.807, 2.05) is 19.9 Å². The van der Waals surface area contributed by atoms with Gasteiger partial charge in [-0.25, -0.2) is 8.42 Å². The van der Waals surface area contributed by atoms with Crippen LogP contribution < -0.4 is 0 Å². The second kappa shape index (κ2) is 6.37. The first-order chi connectivity index (χ1) is 10.9. The number of hydrogen-bond acceptors (Lipinski definition) is 4. The minimum atomic E-state index is -3.43. The molecule has 23 heavy (non-hydrogen) atoms. The van der Waals surface area contributed by atoms with Gasteiger partial charge < -0.3 is 0 Å². The highest BCUT2D eigenvalue weighted by Crippen LogP contribution is 2.36. The number of aromatic nitrogens is 2. The van der Waals surface area contributed by atoms with Crippen molar-refractivity contribution >= 4 is 21.4 Å². The topological polar surface area (TPSA) is 66.1 Å². The average Bonchev–Trinajstić information content (AvgIpc) is 3.13. The number of nitrogens with one attached hydrogen (secondary N) is 1. The van der Waals surface area contributed by atoms with E-state index in [1.165, 1.54) is 11.3 Å². The number of nitrogens with zero attached hydrogens (tertiary/aromatic N) is 2. The highest BCUT2D eigenvalue weighted by molar-refractivity contribution is 7.89. The van der Waals surface area contributed by atoms with Crippen LogP contribution in [0.1, 0.15) is 43.2 Å². The van der Waals surface area contributed by atoms with Gasteiger partial charge in [-0.05, 0) is 45.2 Å². The molecule has 0 spiro atoms. The van der Waals surface area contributed by atoms with E-state index >= 15 is 0 Å². The van der Waals surface area contributed by atoms with Crippen LogP contribution in [0.4, 0.5) is 0 Å². The molecule has 0 bridgehead atoms. The molecule has 1 saturated heterocycles. The van der Waals surface area contributed by atoms with E-state index in [0.29, 0.717) is 11.4 Å². The van der Waals surface area contributed by atoms with Gasteiger partial charge in [0.15, 0.2) is 0 Å². The summed E-state index contributed by atoms with van der Waals surface area (Å²) in [5.74, 6) is 0. The van der Waals surface area contributed by atoms with Gasteiger partial charge in [0.1, 0.15) is 5.69 Å². The van der Waals surface area contributed by atoms with Gasteiger partial charge in [0.05, 0.1) is 9.77 Å². The van der Waals surface area contributed by atoms with E-state index in [9.17, 15) is 8.42 Å². The van der Waals surface area contributed by atoms with Gasteiger partial charge in [-0.1, -0.05) is 13.3 Å². The smallest absolute Gasteiger partial charge is 0.244 e. The van der Waals surface area contributed by atoms with Gasteiger partial charge in [-0.2, -0.15) is 9.40 Å². The fourth-order valence-electron chi connectivity index (χ4n) is 3.22. The molecule has 0 aliphatic carbocycles. The zero-order chi connectivity index (χ0) is 16.6. The second-order valence-corrected chi connectivity index (χ2v) is 9.26. The molecular weight excluding hydrogens is 330 g/mol. The Morgan fingerprint density at radius 2 is 2.13 bits per heavy atom. The van der Waals surface area contributed by atoms with Crippen molar-refractivity contribution in [2.24, 2.45) is 0 Å². The van der Waals surface area contributed by atoms with E-state index in [1.54, 1.807) is 10.4 Å². The molecule has 7 heteroatoms. The summed E-state index contributed by atoms with van der Waals surface area (Å²) in [5, 5.41) is 7.15. The summed E-state index contributed by atoms with van der Waals surface area (Å²) in [6.07, 6.45) is 3.90. The van der Waals surface area contributed by atoms with Crippen LogP contribution in [0.5, 0.6) is 0 Å². The van der Waals surface area contributed by atoms with Crippen LogP contribution in [-0.2, 0) is 10.0 Å². The molecule has 3 rings (SSSR count). The van der Waals surface area contributed by atoms with Crippen molar-refractivity contribution in [3.8, 4) is 10.6 Å². The van der Waals surface area contributed by atoms with Crippen molar-refractivity contribution in [2.75, 3.05) is 6.54 Å². The number of aryl methyl sites for hydroxylation is 2. The Morgan fingerprint density at radius 1 is 1.35 bits per heavy atom. The Hall–Kier alpha value is -1.18. The molecule has 2 aromatic rings. The van der Waals surface area contributed by atoms with Crippen LogP contribution >= 0.6 is 11.3 Å². The maximum absolute atomic E-state index is 13.1. The molecule has 1 N–H and O–H groups in total. The predicted octanol–water partition coefficient (Wildman–Crippen LogP) is 3.71. The molecule has 1 atom stereocenters. The zero-order valence-electron chi connectivity index (χ0n) is 13.8. The number of aromatic amines is 1. The van der Waals surface area contributed by atoms with Crippen LogP contribution in [0.3, 0.4) is 0 Å². The number of rotatable bonds is 4. The third-order valence-electron chi connectivity index (χ3n) is 4.46. The predicted molar refractivity (Wildman–Crippen MR) is 93.2 cm³/mol. The van der Waals surface area contributed by atoms with Gasteiger partial charge in [0.25, 0.3) is 0 Å². The normalized spacial score (nSPS) is 20.0. The Balaban J connectivity index is 1.98. The van der Waals surface area contributed by atoms with Gasteiger partial charge >= 0.3 is 0 Å². The lowest BCUT2D eigenvalue weighted by atomic mass is 10.0. The van der Waals surface area contributed by atoms with Gasteiger partial charge in [0, 0.05) is 23.2 Å². The van der Waals surface area contributed by atoms with E-state index < -0.39 is 10.0 Å². The molecule has 0 amide bonds. The number of hydrogen-bond donors (Lipinski definition) is 1. The number of piperidine rings is 1. The van der Waals surface area contributed by atoms with E-state index in [-0.39, 0.29) is 6.04 Å². The van der Waals surface area contributed by atoms with E-state index in [0.717, 1.165) is 46.8 Å². The lowest BCUT2D eigenvalue weighted by Gasteiger charge is -2.34. The highest BCUT2D eigenvalue weighted by atomic mass is 32.2. The van der Waals surface area contributed by atoms with Crippen LogP contribution in [0.2, 0.25) is 0 Å². The highest BCUT2D eigenvalue weighted by Gasteiger charge is 2.34. The summed E-state index contributed by atoms with van der Waals surface area (Å²) in [6.45, 7) is 6.52. The first kappa shape index (κ1) is 16.7. The van der Waals surface area contributed by atoms with Crippen LogP contribution in [-0.4, -0.2) is 35.5 Å². The Labute approximate surface area is 141 Å². The fraction of sp³-hybridized carbons (Fsp3) is 0.562. The second-order valence-electron chi connectivity index (χ2n) is 6.14. The van der Waals surface area contributed by atoms with E-state index in [2.05, 4.69) is 17.1 Å². The Morgan fingerprint density at radius 3 is 2.78 bits per heavy atom. The lowest BCUT2D eigenvalue weighted by molar-refractivity contribution is 0.246. The molecule has 126 valence electrons. The summed E-state index contributed by atoms with van der Waals surface area (Å²) in [7, 11) is -3.43. The fourth-order valence-corrected chi connectivity index (χ4v) is 6.51. The van der Waals surface area contributed by atoms with Crippen LogP contribution in [0.15, 0.2) is 17.0 Å². The monoisotopic (exact) mass is 353 g/mol. The first-order valence-electron chi connectivity index (χ1n) is 8.08. The number of thiophene rings is 1. The largest absolute Gasteiger partial charge is 0.282 e. The molecule has 0 aromatic carbocycles. The third kappa shape index (κ3) is 3.09. The van der Waals surface area contributed by atoms with Crippen molar-refractivity contribution < 1.29 is 8.42 Å². The summed E-state index contributed by atoms with van der Waals surface area (Å²) in [5.41, 5.74) is 1.78. The standard InChI is InChI=1S/C16H23N3O2S2/c1-4-13-7-5-6-8-19(13)23(20,21)16-10-15(22-12(16)3)14-9-11(2)17-18-14/h9-10,13H,4-8H2,1-3H3,(H,17,18)/t13-/m1/s1. The molecule has 3 heterocycles.